The SMILES string of the molecule is CCCCC1[C-]=CC(C(C)(C)C)=C1.Cc1[c-]c2c(cc1C)-c1cc(C)c(C)cc1C2.FC(F)(F)c1ccc([C](=[Zr+2])c2ccc(C(F)(F)F)cc2)cc1.[Cl-].[Cl-]. The van der Waals surface area contributed by atoms with Crippen LogP contribution in [0.3, 0.4) is 0 Å². The molecule has 1 unspecified atom stereocenters. The van der Waals surface area contributed by atoms with E-state index in [-0.39, 0.29) is 24.8 Å². The summed E-state index contributed by atoms with van der Waals surface area (Å²) in [4.78, 5) is 0. The molecule has 0 saturated carbocycles. The second-order valence-corrected chi connectivity index (χ2v) is 15.9. The number of fused-ring (bicyclic) bond motifs is 3. The van der Waals surface area contributed by atoms with E-state index in [1.54, 1.807) is 0 Å². The number of alkyl halides is 6. The van der Waals surface area contributed by atoms with Gasteiger partial charge in [-0.15, -0.1) is 11.1 Å². The molecule has 54 heavy (non-hydrogen) atoms. The molecule has 0 bridgehead atoms. The van der Waals surface area contributed by atoms with Crippen LogP contribution >= 0.6 is 0 Å². The van der Waals surface area contributed by atoms with Crippen LogP contribution in [0.2, 0.25) is 0 Å². The van der Waals surface area contributed by atoms with Crippen molar-refractivity contribution in [3.8, 4) is 11.1 Å². The van der Waals surface area contributed by atoms with E-state index >= 15 is 0 Å². The quantitative estimate of drug-likeness (QED) is 0.129. The van der Waals surface area contributed by atoms with E-state index in [1.807, 2.05) is 0 Å². The Morgan fingerprint density at radius 3 is 1.65 bits per heavy atom. The molecule has 0 heterocycles. The maximum atomic E-state index is 12.5. The van der Waals surface area contributed by atoms with Crippen molar-refractivity contribution in [1.82, 2.24) is 0 Å². The Bertz CT molecular complexity index is 1830. The zero-order valence-corrected chi connectivity index (χ0v) is 35.9. The van der Waals surface area contributed by atoms with Crippen LogP contribution in [0.1, 0.15) is 103 Å². The van der Waals surface area contributed by atoms with Crippen molar-refractivity contribution in [2.24, 2.45) is 11.3 Å². The van der Waals surface area contributed by atoms with E-state index < -0.39 is 23.5 Å². The van der Waals surface area contributed by atoms with Crippen molar-refractivity contribution in [1.29, 1.82) is 0 Å². The van der Waals surface area contributed by atoms with Gasteiger partial charge in [-0.1, -0.05) is 89.8 Å². The largest absolute Gasteiger partial charge is 1.00 e. The minimum Gasteiger partial charge on any atom is -1.00 e. The molecule has 0 radical (unpaired) electrons. The van der Waals surface area contributed by atoms with Gasteiger partial charge in [0.2, 0.25) is 0 Å². The molecule has 4 aromatic carbocycles. The molecule has 9 heteroatoms. The first kappa shape index (κ1) is 47.4. The molecule has 0 aromatic heterocycles. The summed E-state index contributed by atoms with van der Waals surface area (Å²) in [5, 5.41) is 0. The fraction of sp³-hybridized carbons (Fsp3) is 0.356. The molecule has 0 nitrogen and oxygen atoms in total. The first-order valence-corrected chi connectivity index (χ1v) is 18.8. The normalized spacial score (nSPS) is 14.3. The number of aryl methyl sites for hydroxylation is 4. The Morgan fingerprint density at radius 1 is 0.722 bits per heavy atom. The minimum absolute atomic E-state index is 0. The van der Waals surface area contributed by atoms with Crippen LogP contribution in [0.4, 0.5) is 26.3 Å². The molecule has 0 spiro atoms. The van der Waals surface area contributed by atoms with Crippen LogP contribution in [-0.2, 0) is 43.0 Å². The van der Waals surface area contributed by atoms with Crippen LogP contribution in [0.5, 0.6) is 0 Å². The molecule has 288 valence electrons. The topological polar surface area (TPSA) is 0 Å². The van der Waals surface area contributed by atoms with Crippen LogP contribution in [0, 0.1) is 51.2 Å². The molecule has 1 atom stereocenters. The monoisotopic (exact) mass is 860 g/mol. The van der Waals surface area contributed by atoms with Gasteiger partial charge in [-0.25, -0.2) is 6.08 Å². The maximum absolute atomic E-state index is 12.5. The Hall–Kier alpha value is -2.73. The number of benzene rings is 4. The average molecular weight is 863 g/mol. The van der Waals surface area contributed by atoms with Crippen molar-refractivity contribution < 1.29 is 75.4 Å². The third kappa shape index (κ3) is 12.4. The number of rotatable bonds is 5. The van der Waals surface area contributed by atoms with Gasteiger partial charge in [0.05, 0.1) is 0 Å². The number of unbranched alkanes of at least 4 members (excludes halogenated alkanes) is 1. The van der Waals surface area contributed by atoms with E-state index in [4.69, 9.17) is 0 Å². The van der Waals surface area contributed by atoms with Crippen LogP contribution in [0.15, 0.2) is 84.5 Å². The summed E-state index contributed by atoms with van der Waals surface area (Å²) in [6, 6.07) is 19.7. The van der Waals surface area contributed by atoms with E-state index in [9.17, 15) is 26.3 Å². The molecule has 2 aliphatic rings. The summed E-state index contributed by atoms with van der Waals surface area (Å²) in [6.45, 7) is 17.7. The zero-order valence-electron chi connectivity index (χ0n) is 31.9. The molecule has 0 amide bonds. The Labute approximate surface area is 344 Å². The molecular formula is C45H46Cl2F6Zr-2. The molecule has 6 rings (SSSR count). The number of halogens is 8. The molecule has 4 aromatic rings. The number of hydrogen-bond donors (Lipinski definition) is 0. The smallest absolute Gasteiger partial charge is 1.00 e. The van der Waals surface area contributed by atoms with Crippen LogP contribution < -0.4 is 24.8 Å². The third-order valence-corrected chi connectivity index (χ3v) is 11.0. The fourth-order valence-electron chi connectivity index (χ4n) is 6.03. The Balaban J connectivity index is 0.000000284. The molecule has 0 N–H and O–H groups in total. The average Bonchev–Trinajstić information content (AvgIpc) is 3.69. The van der Waals surface area contributed by atoms with Crippen molar-refractivity contribution in [3.63, 3.8) is 0 Å². The third-order valence-electron chi connectivity index (χ3n) is 9.56. The standard InChI is InChI=1S/C17H17.C15H8F6.C13H21.2ClH.Zr/c1-10-5-14-9-15-6-11(2)13(4)8-17(15)16(14)7-12(10)3;16-14(17,18)12-5-1-10(2-6-12)9-11-3-7-13(8-4-11)15(19,20)21;1-5-6-7-11-8-9-12(10-11)13(2,3)4;;;/h5,7-8H,9H2,1-4H3;1-8H;9-11H,5-7H2,1-4H3;2*1H;/q-1;;-1;;;+2/p-2. The van der Waals surface area contributed by atoms with Gasteiger partial charge in [-0.3, -0.25) is 6.08 Å². The molecule has 2 aliphatic carbocycles. The first-order valence-electron chi connectivity index (χ1n) is 17.6. The van der Waals surface area contributed by atoms with Crippen molar-refractivity contribution >= 4 is 3.21 Å². The van der Waals surface area contributed by atoms with Gasteiger partial charge in [-0.2, -0.15) is 34.9 Å². The predicted octanol–water partition coefficient (Wildman–Crippen LogP) is 7.28. The fourth-order valence-corrected chi connectivity index (χ4v) is 6.85. The van der Waals surface area contributed by atoms with Crippen molar-refractivity contribution in [2.75, 3.05) is 0 Å². The van der Waals surface area contributed by atoms with Gasteiger partial charge >= 0.3 is 137 Å². The summed E-state index contributed by atoms with van der Waals surface area (Å²) in [5.41, 5.74) is 12.4. The predicted molar refractivity (Wildman–Crippen MR) is 197 cm³/mol. The van der Waals surface area contributed by atoms with E-state index in [0.717, 1.165) is 54.9 Å². The van der Waals surface area contributed by atoms with E-state index in [0.29, 0.717) is 25.7 Å². The number of allylic oxidation sites excluding steroid dienone is 4. The summed E-state index contributed by atoms with van der Waals surface area (Å²) in [6.07, 6.45) is 4.11. The number of hydrogen-bond acceptors (Lipinski definition) is 0. The van der Waals surface area contributed by atoms with Gasteiger partial charge in [0, 0.05) is 0 Å². The van der Waals surface area contributed by atoms with E-state index in [2.05, 4.69) is 97.9 Å². The molecule has 0 fully saturated rings. The van der Waals surface area contributed by atoms with Crippen LogP contribution in [0.25, 0.3) is 11.1 Å². The summed E-state index contributed by atoms with van der Waals surface area (Å²) < 4.78 is 75.6. The Morgan fingerprint density at radius 2 is 1.20 bits per heavy atom. The van der Waals surface area contributed by atoms with Gasteiger partial charge < -0.3 is 24.8 Å². The first-order chi connectivity index (χ1) is 24.2. The Kier molecular flexibility index (Phi) is 17.1. The summed E-state index contributed by atoms with van der Waals surface area (Å²) in [7, 11) is 0. The molecule has 0 saturated heterocycles. The van der Waals surface area contributed by atoms with Crippen molar-refractivity contribution in [3.05, 3.63) is 152 Å². The maximum Gasteiger partial charge on any atom is -1.00 e. The summed E-state index contributed by atoms with van der Waals surface area (Å²) >= 11 is 0.898. The van der Waals surface area contributed by atoms with Crippen molar-refractivity contribution in [2.45, 2.75) is 93.4 Å². The zero-order chi connectivity index (χ0) is 38.6. The van der Waals surface area contributed by atoms with E-state index in [1.165, 1.54) is 93.6 Å². The second kappa shape index (κ2) is 19.4. The van der Waals surface area contributed by atoms with Gasteiger partial charge in [0.1, 0.15) is 0 Å². The van der Waals surface area contributed by atoms with Gasteiger partial charge in [0.25, 0.3) is 0 Å². The van der Waals surface area contributed by atoms with Gasteiger partial charge in [0.15, 0.2) is 0 Å². The van der Waals surface area contributed by atoms with Gasteiger partial charge in [-0.05, 0) is 37.0 Å². The molecule has 0 aliphatic heterocycles. The van der Waals surface area contributed by atoms with Crippen LogP contribution in [-0.4, -0.2) is 3.21 Å². The minimum atomic E-state index is -4.41. The molecular weight excluding hydrogens is 817 g/mol. The summed E-state index contributed by atoms with van der Waals surface area (Å²) in [5.74, 6) is 0.592. The second-order valence-electron chi connectivity index (χ2n) is 14.7.